The first kappa shape index (κ1) is 29.6. The number of aromatic nitrogens is 3. The van der Waals surface area contributed by atoms with Gasteiger partial charge in [-0.05, 0) is 58.7 Å². The van der Waals surface area contributed by atoms with Crippen LogP contribution in [0.25, 0.3) is 22.7 Å². The zero-order valence-electron chi connectivity index (χ0n) is 24.6. The Bertz CT molecular complexity index is 1650. The summed E-state index contributed by atoms with van der Waals surface area (Å²) in [5, 5.41) is 6.89. The van der Waals surface area contributed by atoms with Gasteiger partial charge >= 0.3 is 6.09 Å². The van der Waals surface area contributed by atoms with E-state index in [9.17, 15) is 9.00 Å². The van der Waals surface area contributed by atoms with Gasteiger partial charge < -0.3 is 14.0 Å². The highest BCUT2D eigenvalue weighted by Gasteiger charge is 2.55. The maximum absolute atomic E-state index is 15.6. The van der Waals surface area contributed by atoms with Crippen LogP contribution in [0, 0.1) is 5.82 Å². The number of benzene rings is 1. The van der Waals surface area contributed by atoms with Gasteiger partial charge in [-0.1, -0.05) is 18.0 Å². The first-order valence-corrected chi connectivity index (χ1v) is 15.4. The fourth-order valence-electron chi connectivity index (χ4n) is 5.65. The number of ether oxygens (including phenoxy) is 2. The Kier molecular flexibility index (Phi) is 7.58. The molecule has 1 aliphatic carbocycles. The molecule has 1 N–H and O–H groups in total. The standard InChI is InChI=1S/C29H35FN6O5S/c1-27(2,3)40-26(37)34-25-29(11-7-8-12-29)42(38,31-5)17-28(4,35-25)19-13-18(9-10-20(19)30)23-14-21(36-41-23)22-15-33-24(39-6)16-32-22/h9-10,13-16H,7-8,11-12,17H2,1-6H3,(H,34,35,37)/t28-,42-/m0/s1. The molecule has 13 heteroatoms. The molecule has 0 bridgehead atoms. The van der Waals surface area contributed by atoms with E-state index in [1.165, 1.54) is 32.6 Å². The Morgan fingerprint density at radius 1 is 1.14 bits per heavy atom. The molecule has 1 aromatic carbocycles. The third kappa shape index (κ3) is 5.37. The average molecular weight is 599 g/mol. The number of amidine groups is 1. The van der Waals surface area contributed by atoms with Crippen LogP contribution in [0.3, 0.4) is 0 Å². The number of nitrogens with one attached hydrogen (secondary N) is 1. The molecule has 3 aromatic rings. The van der Waals surface area contributed by atoms with Crippen LogP contribution in [0.5, 0.6) is 5.88 Å². The lowest BCUT2D eigenvalue weighted by Crippen LogP contribution is -2.59. The predicted octanol–water partition coefficient (Wildman–Crippen LogP) is 5.51. The molecule has 5 rings (SSSR count). The summed E-state index contributed by atoms with van der Waals surface area (Å²) in [4.78, 5) is 26.3. The fraction of sp³-hybridized carbons (Fsp3) is 0.483. The summed E-state index contributed by atoms with van der Waals surface area (Å²) in [6.07, 6.45) is 4.99. The molecule has 2 aliphatic rings. The summed E-state index contributed by atoms with van der Waals surface area (Å²) in [6.45, 7) is 6.97. The van der Waals surface area contributed by atoms with Crippen LogP contribution in [0.15, 0.2) is 50.5 Å². The van der Waals surface area contributed by atoms with Gasteiger partial charge in [0.2, 0.25) is 5.88 Å². The number of halogens is 1. The monoisotopic (exact) mass is 598 g/mol. The zero-order chi connectivity index (χ0) is 30.3. The quantitative estimate of drug-likeness (QED) is 0.415. The van der Waals surface area contributed by atoms with E-state index in [-0.39, 0.29) is 17.2 Å². The van der Waals surface area contributed by atoms with Crippen LogP contribution in [-0.2, 0) is 20.0 Å². The minimum atomic E-state index is -3.00. The van der Waals surface area contributed by atoms with Crippen molar-refractivity contribution in [2.75, 3.05) is 19.9 Å². The molecule has 0 saturated heterocycles. The van der Waals surface area contributed by atoms with Crippen LogP contribution in [0.1, 0.15) is 58.9 Å². The number of aliphatic imine (C=N–C) groups is 1. The van der Waals surface area contributed by atoms with Gasteiger partial charge in [0.1, 0.15) is 38.9 Å². The number of methoxy groups -OCH3 is 1. The lowest BCUT2D eigenvalue weighted by atomic mass is 9.91. The highest BCUT2D eigenvalue weighted by atomic mass is 32.2. The van der Waals surface area contributed by atoms with Crippen molar-refractivity contribution >= 4 is 21.7 Å². The molecule has 1 amide bonds. The normalized spacial score (nSPS) is 23.4. The zero-order valence-corrected chi connectivity index (χ0v) is 25.4. The molecule has 224 valence electrons. The maximum Gasteiger partial charge on any atom is 0.413 e. The Hall–Kier alpha value is -3.87. The maximum atomic E-state index is 15.6. The van der Waals surface area contributed by atoms with Crippen molar-refractivity contribution in [3.05, 3.63) is 48.0 Å². The Morgan fingerprint density at radius 3 is 2.50 bits per heavy atom. The van der Waals surface area contributed by atoms with Gasteiger partial charge in [0, 0.05) is 24.2 Å². The largest absolute Gasteiger partial charge is 0.480 e. The van der Waals surface area contributed by atoms with Crippen molar-refractivity contribution in [2.24, 2.45) is 9.36 Å². The highest BCUT2D eigenvalue weighted by molar-refractivity contribution is 7.95. The summed E-state index contributed by atoms with van der Waals surface area (Å²) >= 11 is 0. The Labute approximate surface area is 244 Å². The topological polar surface area (TPSA) is 141 Å². The fourth-order valence-corrected chi connectivity index (χ4v) is 8.71. The summed E-state index contributed by atoms with van der Waals surface area (Å²) in [6, 6.07) is 6.16. The lowest BCUT2D eigenvalue weighted by Gasteiger charge is -2.43. The minimum absolute atomic E-state index is 0.0144. The summed E-state index contributed by atoms with van der Waals surface area (Å²) in [5.41, 5.74) is -0.441. The molecule has 0 unspecified atom stereocenters. The van der Waals surface area contributed by atoms with Gasteiger partial charge in [0.05, 0.1) is 35.0 Å². The number of hydrogen-bond donors (Lipinski definition) is 1. The SMILES string of the molecule is CN=[S@]1(=O)C[C@@](C)(c2cc(-c3cc(-c4cnc(OC)cn4)no3)ccc2F)N=C(NC(=O)OC(C)(C)C)C12CCCC2. The number of alkyl carbamates (subject to hydrolysis) is 1. The van der Waals surface area contributed by atoms with Crippen LogP contribution in [-0.4, -0.2) is 61.5 Å². The van der Waals surface area contributed by atoms with E-state index in [1.54, 1.807) is 45.9 Å². The molecule has 2 aromatic heterocycles. The van der Waals surface area contributed by atoms with Gasteiger partial charge in [-0.25, -0.2) is 27.7 Å². The number of hydrogen-bond acceptors (Lipinski definition) is 10. The predicted molar refractivity (Wildman–Crippen MR) is 156 cm³/mol. The smallest absolute Gasteiger partial charge is 0.413 e. The first-order chi connectivity index (χ1) is 19.8. The van der Waals surface area contributed by atoms with Crippen LogP contribution in [0.2, 0.25) is 0 Å². The second-order valence-corrected chi connectivity index (χ2v) is 14.5. The van der Waals surface area contributed by atoms with Crippen LogP contribution in [0.4, 0.5) is 9.18 Å². The molecule has 3 heterocycles. The third-order valence-electron chi connectivity index (χ3n) is 7.64. The molecule has 0 radical (unpaired) electrons. The van der Waals surface area contributed by atoms with Gasteiger partial charge in [-0.3, -0.25) is 10.3 Å². The molecular formula is C29H35FN6O5S. The van der Waals surface area contributed by atoms with Crippen LogP contribution < -0.4 is 10.1 Å². The van der Waals surface area contributed by atoms with Gasteiger partial charge in [-0.15, -0.1) is 0 Å². The van der Waals surface area contributed by atoms with E-state index in [2.05, 4.69) is 24.8 Å². The van der Waals surface area contributed by atoms with Gasteiger partial charge in [-0.2, -0.15) is 0 Å². The van der Waals surface area contributed by atoms with E-state index < -0.39 is 37.5 Å². The number of rotatable bonds is 4. The lowest BCUT2D eigenvalue weighted by molar-refractivity contribution is 0.0560. The molecular weight excluding hydrogens is 563 g/mol. The Morgan fingerprint density at radius 2 is 1.88 bits per heavy atom. The first-order valence-electron chi connectivity index (χ1n) is 13.7. The number of nitrogens with zero attached hydrogens (tertiary/aromatic N) is 5. The van der Waals surface area contributed by atoms with E-state index >= 15 is 4.39 Å². The second-order valence-electron chi connectivity index (χ2n) is 11.7. The molecule has 11 nitrogen and oxygen atoms in total. The highest BCUT2D eigenvalue weighted by Crippen LogP contribution is 2.47. The van der Waals surface area contributed by atoms with E-state index in [0.29, 0.717) is 41.4 Å². The molecule has 42 heavy (non-hydrogen) atoms. The molecule has 1 fully saturated rings. The number of amides is 1. The third-order valence-corrected chi connectivity index (χ3v) is 11.0. The van der Waals surface area contributed by atoms with Crippen molar-refractivity contribution < 1.29 is 27.4 Å². The Balaban J connectivity index is 1.57. The van der Waals surface area contributed by atoms with Crippen molar-refractivity contribution in [3.63, 3.8) is 0 Å². The summed E-state index contributed by atoms with van der Waals surface area (Å²) < 4.78 is 49.9. The van der Waals surface area contributed by atoms with E-state index in [4.69, 9.17) is 19.0 Å². The van der Waals surface area contributed by atoms with Gasteiger partial charge in [0.25, 0.3) is 0 Å². The van der Waals surface area contributed by atoms with Crippen molar-refractivity contribution in [3.8, 4) is 28.6 Å². The molecule has 1 aliphatic heterocycles. The number of carbonyl (C=O) groups is 1. The molecule has 1 saturated carbocycles. The molecule has 2 atom stereocenters. The molecule has 1 spiro atoms. The van der Waals surface area contributed by atoms with Gasteiger partial charge in [0.15, 0.2) is 5.76 Å². The van der Waals surface area contributed by atoms with Crippen molar-refractivity contribution in [1.82, 2.24) is 20.4 Å². The van der Waals surface area contributed by atoms with E-state index in [0.717, 1.165) is 12.8 Å². The number of carbonyl (C=O) groups excluding carboxylic acids is 1. The summed E-state index contributed by atoms with van der Waals surface area (Å²) in [5.74, 6) is 0.403. The van der Waals surface area contributed by atoms with Crippen molar-refractivity contribution in [2.45, 2.75) is 69.3 Å². The van der Waals surface area contributed by atoms with Crippen molar-refractivity contribution in [1.29, 1.82) is 0 Å². The minimum Gasteiger partial charge on any atom is -0.480 e. The van der Waals surface area contributed by atoms with E-state index in [1.807, 2.05) is 0 Å². The van der Waals surface area contributed by atoms with Crippen LogP contribution >= 0.6 is 0 Å². The summed E-state index contributed by atoms with van der Waals surface area (Å²) in [7, 11) is 0.0177. The average Bonchev–Trinajstić information content (AvgIpc) is 3.63. The second kappa shape index (κ2) is 10.8.